The van der Waals surface area contributed by atoms with Crippen molar-refractivity contribution in [2.24, 2.45) is 5.92 Å². The fourth-order valence-electron chi connectivity index (χ4n) is 3.80. The highest BCUT2D eigenvalue weighted by Gasteiger charge is 2.22. The number of furan rings is 1. The number of anilines is 1. The summed E-state index contributed by atoms with van der Waals surface area (Å²) in [6.45, 7) is 7.02. The van der Waals surface area contributed by atoms with E-state index < -0.39 is 0 Å². The summed E-state index contributed by atoms with van der Waals surface area (Å²) in [7, 11) is 1.58. The fourth-order valence-corrected chi connectivity index (χ4v) is 3.98. The number of benzene rings is 1. The number of piperidine rings is 1. The number of nitrogens with one attached hydrogen (secondary N) is 1. The van der Waals surface area contributed by atoms with E-state index in [9.17, 15) is 4.79 Å². The Bertz CT molecular complexity index is 799. The van der Waals surface area contributed by atoms with Gasteiger partial charge in [0.15, 0.2) is 0 Å². The Labute approximate surface area is 172 Å². The molecule has 0 unspecified atom stereocenters. The van der Waals surface area contributed by atoms with E-state index in [0.29, 0.717) is 28.8 Å². The van der Waals surface area contributed by atoms with Crippen molar-refractivity contribution in [2.45, 2.75) is 46.1 Å². The summed E-state index contributed by atoms with van der Waals surface area (Å²) in [5.74, 6) is 3.16. The number of carbonyl (C=O) groups excluding carboxylic acids is 1. The molecular formula is C22H29ClN2O3. The average molecular weight is 405 g/mol. The molecule has 28 heavy (non-hydrogen) atoms. The first-order valence-corrected chi connectivity index (χ1v) is 10.2. The number of hydrogen-bond donors (Lipinski definition) is 1. The van der Waals surface area contributed by atoms with Gasteiger partial charge in [0.05, 0.1) is 19.3 Å². The summed E-state index contributed by atoms with van der Waals surface area (Å²) >= 11 is 6.03. The Balaban J connectivity index is 1.48. The second kappa shape index (κ2) is 9.48. The zero-order chi connectivity index (χ0) is 20.1. The predicted molar refractivity (Wildman–Crippen MR) is 112 cm³/mol. The molecule has 0 saturated carbocycles. The van der Waals surface area contributed by atoms with Crippen LogP contribution in [0.4, 0.5) is 5.69 Å². The van der Waals surface area contributed by atoms with Gasteiger partial charge < -0.3 is 14.5 Å². The number of rotatable bonds is 7. The third-order valence-electron chi connectivity index (χ3n) is 5.41. The van der Waals surface area contributed by atoms with Gasteiger partial charge in [0, 0.05) is 18.0 Å². The van der Waals surface area contributed by atoms with E-state index in [1.807, 2.05) is 6.92 Å². The fraction of sp³-hybridized carbons (Fsp3) is 0.500. The first kappa shape index (κ1) is 20.7. The molecule has 6 heteroatoms. The summed E-state index contributed by atoms with van der Waals surface area (Å²) in [5, 5.41) is 3.50. The van der Waals surface area contributed by atoms with Crippen molar-refractivity contribution < 1.29 is 13.9 Å². The number of hydrogen-bond acceptors (Lipinski definition) is 4. The van der Waals surface area contributed by atoms with Crippen LogP contribution in [0.3, 0.4) is 0 Å². The van der Waals surface area contributed by atoms with Crippen molar-refractivity contribution in [3.8, 4) is 5.75 Å². The number of likely N-dealkylation sites (tertiary alicyclic amines) is 1. The number of carbonyl (C=O) groups is 1. The van der Waals surface area contributed by atoms with E-state index in [1.54, 1.807) is 25.3 Å². The van der Waals surface area contributed by atoms with Gasteiger partial charge in [-0.2, -0.15) is 0 Å². The maximum absolute atomic E-state index is 12.4. The number of nitrogens with zero attached hydrogens (tertiary/aromatic N) is 1. The smallest absolute Gasteiger partial charge is 0.224 e. The van der Waals surface area contributed by atoms with Crippen LogP contribution < -0.4 is 10.1 Å². The van der Waals surface area contributed by atoms with Gasteiger partial charge in [0.25, 0.3) is 0 Å². The van der Waals surface area contributed by atoms with E-state index in [0.717, 1.165) is 44.0 Å². The maximum Gasteiger partial charge on any atom is 0.224 e. The largest absolute Gasteiger partial charge is 0.495 e. The van der Waals surface area contributed by atoms with Gasteiger partial charge in [0.2, 0.25) is 5.91 Å². The molecule has 1 amide bonds. The van der Waals surface area contributed by atoms with Gasteiger partial charge in [-0.1, -0.05) is 11.6 Å². The lowest BCUT2D eigenvalue weighted by Gasteiger charge is -2.32. The van der Waals surface area contributed by atoms with E-state index in [1.165, 1.54) is 12.0 Å². The lowest BCUT2D eigenvalue weighted by atomic mass is 9.93. The first-order valence-electron chi connectivity index (χ1n) is 9.86. The average Bonchev–Trinajstić information content (AvgIpc) is 2.97. The number of aryl methyl sites for hydroxylation is 2. The molecule has 0 bridgehead atoms. The molecule has 5 nitrogen and oxygen atoms in total. The van der Waals surface area contributed by atoms with Gasteiger partial charge in [-0.15, -0.1) is 0 Å². The normalized spacial score (nSPS) is 17.5. The summed E-state index contributed by atoms with van der Waals surface area (Å²) in [5.41, 5.74) is 1.82. The minimum Gasteiger partial charge on any atom is -0.495 e. The van der Waals surface area contributed by atoms with Gasteiger partial charge in [-0.3, -0.25) is 9.69 Å². The van der Waals surface area contributed by atoms with Crippen LogP contribution in [0.15, 0.2) is 28.7 Å². The molecule has 2 heterocycles. The molecule has 1 saturated heterocycles. The molecule has 3 rings (SSSR count). The standard InChI is InChI=1S/C22H29ClN2O3/c1-15-11-19(28-16(15)2)14-25-10-4-5-17(13-25)6-9-22(26)24-20-12-18(23)7-8-21(20)27-3/h7-8,11-12,17H,4-6,9-10,13-14H2,1-3H3,(H,24,26)/t17-/m1/s1. The minimum absolute atomic E-state index is 0.00465. The highest BCUT2D eigenvalue weighted by Crippen LogP contribution is 2.28. The van der Waals surface area contributed by atoms with Crippen molar-refractivity contribution in [3.63, 3.8) is 0 Å². The van der Waals surface area contributed by atoms with E-state index >= 15 is 0 Å². The molecule has 1 atom stereocenters. The molecule has 0 spiro atoms. The Morgan fingerprint density at radius 1 is 1.36 bits per heavy atom. The Morgan fingerprint density at radius 3 is 2.89 bits per heavy atom. The summed E-state index contributed by atoms with van der Waals surface area (Å²) in [6.07, 6.45) is 3.70. The SMILES string of the molecule is COc1ccc(Cl)cc1NC(=O)CC[C@H]1CCCN(Cc2cc(C)c(C)o2)C1. The molecule has 0 radical (unpaired) electrons. The van der Waals surface area contributed by atoms with Crippen LogP contribution in [0, 0.1) is 19.8 Å². The summed E-state index contributed by atoms with van der Waals surface area (Å²) in [6, 6.07) is 7.35. The molecule has 1 aliphatic heterocycles. The van der Waals surface area contributed by atoms with Crippen molar-refractivity contribution in [1.82, 2.24) is 4.90 Å². The Morgan fingerprint density at radius 2 is 2.18 bits per heavy atom. The second-order valence-corrected chi connectivity index (χ2v) is 8.06. The molecule has 152 valence electrons. The number of ether oxygens (including phenoxy) is 1. The van der Waals surface area contributed by atoms with Crippen LogP contribution in [0.2, 0.25) is 5.02 Å². The lowest BCUT2D eigenvalue weighted by molar-refractivity contribution is -0.116. The third-order valence-corrected chi connectivity index (χ3v) is 5.65. The predicted octanol–water partition coefficient (Wildman–Crippen LogP) is 5.19. The molecule has 1 N–H and O–H groups in total. The number of amides is 1. The first-order chi connectivity index (χ1) is 13.4. The van der Waals surface area contributed by atoms with Crippen molar-refractivity contribution in [3.05, 3.63) is 46.4 Å². The molecular weight excluding hydrogens is 376 g/mol. The molecule has 0 aliphatic carbocycles. The second-order valence-electron chi connectivity index (χ2n) is 7.63. The lowest BCUT2D eigenvalue weighted by Crippen LogP contribution is -2.35. The molecule has 1 aliphatic rings. The highest BCUT2D eigenvalue weighted by atomic mass is 35.5. The molecule has 1 aromatic heterocycles. The van der Waals surface area contributed by atoms with Crippen LogP contribution >= 0.6 is 11.6 Å². The number of halogens is 1. The Hall–Kier alpha value is -1.98. The number of methoxy groups -OCH3 is 1. The van der Waals surface area contributed by atoms with E-state index in [2.05, 4.69) is 23.2 Å². The van der Waals surface area contributed by atoms with Crippen LogP contribution in [-0.4, -0.2) is 31.0 Å². The van der Waals surface area contributed by atoms with Gasteiger partial charge >= 0.3 is 0 Å². The molecule has 2 aromatic rings. The van der Waals surface area contributed by atoms with E-state index in [-0.39, 0.29) is 5.91 Å². The van der Waals surface area contributed by atoms with Crippen LogP contribution in [0.5, 0.6) is 5.75 Å². The molecule has 1 fully saturated rings. The van der Waals surface area contributed by atoms with Crippen molar-refractivity contribution >= 4 is 23.2 Å². The molecule has 1 aromatic carbocycles. The van der Waals surface area contributed by atoms with Crippen molar-refractivity contribution in [2.75, 3.05) is 25.5 Å². The topological polar surface area (TPSA) is 54.7 Å². The van der Waals surface area contributed by atoms with Gasteiger partial charge in [-0.05, 0) is 75.4 Å². The third kappa shape index (κ3) is 5.52. The summed E-state index contributed by atoms with van der Waals surface area (Å²) < 4.78 is 11.1. The van der Waals surface area contributed by atoms with Crippen molar-refractivity contribution in [1.29, 1.82) is 0 Å². The highest BCUT2D eigenvalue weighted by molar-refractivity contribution is 6.31. The van der Waals surface area contributed by atoms with Gasteiger partial charge in [-0.25, -0.2) is 0 Å². The zero-order valence-electron chi connectivity index (χ0n) is 16.9. The zero-order valence-corrected chi connectivity index (χ0v) is 17.6. The Kier molecular flexibility index (Phi) is 7.03. The monoisotopic (exact) mass is 404 g/mol. The maximum atomic E-state index is 12.4. The van der Waals surface area contributed by atoms with Crippen LogP contribution in [0.1, 0.15) is 42.8 Å². The minimum atomic E-state index is -0.00465. The van der Waals surface area contributed by atoms with Crippen LogP contribution in [-0.2, 0) is 11.3 Å². The van der Waals surface area contributed by atoms with E-state index in [4.69, 9.17) is 20.8 Å². The van der Waals surface area contributed by atoms with Crippen LogP contribution in [0.25, 0.3) is 0 Å². The quantitative estimate of drug-likeness (QED) is 0.689. The summed E-state index contributed by atoms with van der Waals surface area (Å²) in [4.78, 5) is 14.8. The van der Waals surface area contributed by atoms with Gasteiger partial charge in [0.1, 0.15) is 17.3 Å².